The SMILES string of the molecule is CC(C)N(I)CCN(C)C. The number of nitrogens with zero attached hydrogens (tertiary/aromatic N) is 2. The Hall–Kier alpha value is 0.650. The molecule has 0 aliphatic heterocycles. The Bertz CT molecular complexity index is 83.7. The maximum Gasteiger partial charge on any atom is 0.0211 e. The van der Waals surface area contributed by atoms with Gasteiger partial charge < -0.3 is 4.90 Å². The van der Waals surface area contributed by atoms with Crippen molar-refractivity contribution in [2.24, 2.45) is 0 Å². The molecule has 0 aliphatic carbocycles. The monoisotopic (exact) mass is 256 g/mol. The standard InChI is InChI=1S/C7H17IN2/c1-7(2)10(8)6-5-9(3)4/h7H,5-6H2,1-4H3. The third-order valence-corrected chi connectivity index (χ3v) is 2.92. The highest BCUT2D eigenvalue weighted by molar-refractivity contribution is 14.1. The molecule has 0 saturated carbocycles. The van der Waals surface area contributed by atoms with Crippen LogP contribution in [0.1, 0.15) is 13.8 Å². The molecular formula is C7H17IN2. The Morgan fingerprint density at radius 3 is 2.00 bits per heavy atom. The van der Waals surface area contributed by atoms with Crippen LogP contribution in [-0.4, -0.2) is 41.2 Å². The van der Waals surface area contributed by atoms with E-state index >= 15 is 0 Å². The van der Waals surface area contributed by atoms with Gasteiger partial charge in [0.1, 0.15) is 0 Å². The number of hydrogen-bond donors (Lipinski definition) is 0. The van der Waals surface area contributed by atoms with E-state index in [0.29, 0.717) is 6.04 Å². The summed E-state index contributed by atoms with van der Waals surface area (Å²) in [4.78, 5) is 2.20. The summed E-state index contributed by atoms with van der Waals surface area (Å²) in [5.74, 6) is 0. The Balaban J connectivity index is 3.30. The second-order valence-electron chi connectivity index (χ2n) is 3.02. The van der Waals surface area contributed by atoms with Gasteiger partial charge in [-0.15, -0.1) is 0 Å². The van der Waals surface area contributed by atoms with Crippen molar-refractivity contribution in [2.75, 3.05) is 27.2 Å². The third-order valence-electron chi connectivity index (χ3n) is 1.32. The van der Waals surface area contributed by atoms with E-state index in [1.807, 2.05) is 0 Å². The zero-order valence-corrected chi connectivity index (χ0v) is 9.42. The van der Waals surface area contributed by atoms with Crippen molar-refractivity contribution in [3.05, 3.63) is 0 Å². The maximum absolute atomic E-state index is 2.37. The molecule has 0 heterocycles. The predicted molar refractivity (Wildman–Crippen MR) is 54.4 cm³/mol. The summed E-state index contributed by atoms with van der Waals surface area (Å²) < 4.78 is 2.32. The molecule has 0 bridgehead atoms. The number of likely N-dealkylation sites (N-methyl/N-ethyl adjacent to an activating group) is 1. The highest BCUT2D eigenvalue weighted by atomic mass is 127. The van der Waals surface area contributed by atoms with Crippen LogP contribution in [0.2, 0.25) is 0 Å². The second kappa shape index (κ2) is 5.32. The van der Waals surface area contributed by atoms with Gasteiger partial charge in [0.2, 0.25) is 0 Å². The Morgan fingerprint density at radius 1 is 1.20 bits per heavy atom. The number of halogens is 1. The molecule has 2 nitrogen and oxygen atoms in total. The van der Waals surface area contributed by atoms with Crippen molar-refractivity contribution in [3.8, 4) is 0 Å². The van der Waals surface area contributed by atoms with E-state index in [2.05, 4.69) is 58.8 Å². The summed E-state index contributed by atoms with van der Waals surface area (Å²) in [6.45, 7) is 6.70. The van der Waals surface area contributed by atoms with Gasteiger partial charge in [-0.2, -0.15) is 0 Å². The van der Waals surface area contributed by atoms with Gasteiger partial charge in [0.15, 0.2) is 0 Å². The summed E-state index contributed by atoms with van der Waals surface area (Å²) in [6.07, 6.45) is 0. The van der Waals surface area contributed by atoms with E-state index in [1.54, 1.807) is 0 Å². The molecule has 0 atom stereocenters. The van der Waals surface area contributed by atoms with E-state index in [0.717, 1.165) is 13.1 Å². The maximum atomic E-state index is 2.37. The molecule has 62 valence electrons. The minimum Gasteiger partial charge on any atom is -0.308 e. The van der Waals surface area contributed by atoms with E-state index < -0.39 is 0 Å². The molecule has 0 fully saturated rings. The lowest BCUT2D eigenvalue weighted by molar-refractivity contribution is 0.339. The molecule has 0 aromatic rings. The topological polar surface area (TPSA) is 6.48 Å². The lowest BCUT2D eigenvalue weighted by Gasteiger charge is -2.20. The molecule has 0 aromatic heterocycles. The van der Waals surface area contributed by atoms with E-state index in [1.165, 1.54) is 0 Å². The normalized spacial score (nSPS) is 12.0. The Kier molecular flexibility index (Phi) is 5.67. The first kappa shape index (κ1) is 10.7. The molecule has 0 spiro atoms. The lowest BCUT2D eigenvalue weighted by Crippen LogP contribution is -2.29. The third kappa shape index (κ3) is 5.44. The smallest absolute Gasteiger partial charge is 0.0211 e. The van der Waals surface area contributed by atoms with Crippen LogP contribution in [0.15, 0.2) is 0 Å². The molecular weight excluding hydrogens is 239 g/mol. The Morgan fingerprint density at radius 2 is 1.70 bits per heavy atom. The van der Waals surface area contributed by atoms with Crippen LogP contribution >= 0.6 is 22.9 Å². The summed E-state index contributed by atoms with van der Waals surface area (Å²) in [5, 5.41) is 0. The van der Waals surface area contributed by atoms with E-state index in [-0.39, 0.29) is 0 Å². The van der Waals surface area contributed by atoms with Crippen LogP contribution in [0, 0.1) is 0 Å². The van der Waals surface area contributed by atoms with Gasteiger partial charge in [-0.1, -0.05) is 0 Å². The van der Waals surface area contributed by atoms with Gasteiger partial charge in [-0.3, -0.25) is 0 Å². The molecule has 0 aliphatic rings. The molecule has 10 heavy (non-hydrogen) atoms. The van der Waals surface area contributed by atoms with Crippen molar-refractivity contribution >= 4 is 22.9 Å². The van der Waals surface area contributed by atoms with Gasteiger partial charge in [0.05, 0.1) is 0 Å². The average Bonchev–Trinajstić information content (AvgIpc) is 1.82. The molecule has 3 heteroatoms. The quantitative estimate of drug-likeness (QED) is 0.557. The minimum atomic E-state index is 0.653. The molecule has 0 saturated heterocycles. The summed E-state index contributed by atoms with van der Waals surface area (Å²) in [7, 11) is 4.20. The van der Waals surface area contributed by atoms with Crippen LogP contribution in [0.4, 0.5) is 0 Å². The van der Waals surface area contributed by atoms with Crippen LogP contribution in [0.25, 0.3) is 0 Å². The molecule has 0 amide bonds. The zero-order chi connectivity index (χ0) is 8.15. The Labute approximate surface area is 78.1 Å². The van der Waals surface area contributed by atoms with Gasteiger partial charge in [0.25, 0.3) is 0 Å². The summed E-state index contributed by atoms with van der Waals surface area (Å²) in [6, 6.07) is 0.653. The van der Waals surface area contributed by atoms with E-state index in [4.69, 9.17) is 0 Å². The van der Waals surface area contributed by atoms with Crippen LogP contribution in [0.3, 0.4) is 0 Å². The predicted octanol–water partition coefficient (Wildman–Crippen LogP) is 1.61. The van der Waals surface area contributed by atoms with Crippen molar-refractivity contribution in [1.82, 2.24) is 8.01 Å². The van der Waals surface area contributed by atoms with Crippen LogP contribution in [-0.2, 0) is 0 Å². The fourth-order valence-electron chi connectivity index (χ4n) is 0.554. The molecule has 0 radical (unpaired) electrons. The first-order valence-electron chi connectivity index (χ1n) is 3.61. The average molecular weight is 256 g/mol. The van der Waals surface area contributed by atoms with Crippen molar-refractivity contribution in [3.63, 3.8) is 0 Å². The fraction of sp³-hybridized carbons (Fsp3) is 1.00. The molecule has 0 aromatic carbocycles. The first-order chi connectivity index (χ1) is 4.54. The summed E-state index contributed by atoms with van der Waals surface area (Å²) >= 11 is 2.37. The van der Waals surface area contributed by atoms with Crippen molar-refractivity contribution < 1.29 is 0 Å². The largest absolute Gasteiger partial charge is 0.308 e. The van der Waals surface area contributed by atoms with E-state index in [9.17, 15) is 0 Å². The second-order valence-corrected chi connectivity index (χ2v) is 4.26. The van der Waals surface area contributed by atoms with Gasteiger partial charge >= 0.3 is 0 Å². The highest BCUT2D eigenvalue weighted by Crippen LogP contribution is 2.04. The first-order valence-corrected chi connectivity index (χ1v) is 4.57. The zero-order valence-electron chi connectivity index (χ0n) is 7.26. The highest BCUT2D eigenvalue weighted by Gasteiger charge is 2.03. The lowest BCUT2D eigenvalue weighted by atomic mass is 10.4. The fourth-order valence-corrected chi connectivity index (χ4v) is 0.769. The van der Waals surface area contributed by atoms with Crippen LogP contribution in [0.5, 0.6) is 0 Å². The van der Waals surface area contributed by atoms with Gasteiger partial charge in [-0.05, 0) is 27.9 Å². The minimum absolute atomic E-state index is 0.653. The number of rotatable bonds is 4. The number of hydrogen-bond acceptors (Lipinski definition) is 2. The molecule has 0 N–H and O–H groups in total. The van der Waals surface area contributed by atoms with Gasteiger partial charge in [-0.25, -0.2) is 3.11 Å². The molecule has 0 rings (SSSR count). The molecule has 0 unspecified atom stereocenters. The van der Waals surface area contributed by atoms with Crippen molar-refractivity contribution in [1.29, 1.82) is 0 Å². The summed E-state index contributed by atoms with van der Waals surface area (Å²) in [5.41, 5.74) is 0. The van der Waals surface area contributed by atoms with Crippen molar-refractivity contribution in [2.45, 2.75) is 19.9 Å². The van der Waals surface area contributed by atoms with Crippen LogP contribution < -0.4 is 0 Å². The van der Waals surface area contributed by atoms with Gasteiger partial charge in [0, 0.05) is 42.0 Å².